The van der Waals surface area contributed by atoms with Crippen molar-refractivity contribution in [2.45, 2.75) is 13.2 Å². The van der Waals surface area contributed by atoms with Gasteiger partial charge < -0.3 is 25.2 Å². The second kappa shape index (κ2) is 12.6. The van der Waals surface area contributed by atoms with E-state index < -0.39 is 0 Å². The van der Waals surface area contributed by atoms with Crippen LogP contribution < -0.4 is 15.4 Å². The minimum absolute atomic E-state index is 0.0418. The third kappa shape index (κ3) is 7.43. The zero-order chi connectivity index (χ0) is 27.0. The molecule has 39 heavy (non-hydrogen) atoms. The lowest BCUT2D eigenvalue weighted by atomic mass is 10.1. The molecule has 10 heteroatoms. The average molecular weight is 544 g/mol. The first-order valence-electron chi connectivity index (χ1n) is 12.8. The molecule has 4 aromatic rings. The molecule has 1 amide bonds. The number of nitrogens with one attached hydrogen (secondary N) is 2. The highest BCUT2D eigenvalue weighted by Gasteiger charge is 2.20. The van der Waals surface area contributed by atoms with Gasteiger partial charge in [0.25, 0.3) is 5.91 Å². The fourth-order valence-corrected chi connectivity index (χ4v) is 4.20. The number of halogens is 1. The van der Waals surface area contributed by atoms with Crippen molar-refractivity contribution >= 4 is 35.1 Å². The normalized spacial score (nSPS) is 13.6. The topological polar surface area (TPSA) is 95.5 Å². The number of ether oxygens (including phenoxy) is 1. The average Bonchev–Trinajstić information content (AvgIpc) is 2.97. The summed E-state index contributed by atoms with van der Waals surface area (Å²) in [4.78, 5) is 30.4. The summed E-state index contributed by atoms with van der Waals surface area (Å²) < 4.78 is 5.89. The molecule has 1 aliphatic heterocycles. The van der Waals surface area contributed by atoms with Crippen LogP contribution in [0.5, 0.6) is 6.01 Å². The summed E-state index contributed by atoms with van der Waals surface area (Å²) in [5, 5.41) is 7.12. The van der Waals surface area contributed by atoms with Gasteiger partial charge in [-0.2, -0.15) is 15.0 Å². The largest absolute Gasteiger partial charge is 0.458 e. The maximum absolute atomic E-state index is 12.9. The Morgan fingerprint density at radius 1 is 0.846 bits per heavy atom. The van der Waals surface area contributed by atoms with Gasteiger partial charge in [-0.05, 0) is 54.6 Å². The number of likely N-dealkylation sites (N-methyl/N-ethyl adjacent to an activating group) is 1. The second-order valence-corrected chi connectivity index (χ2v) is 9.75. The van der Waals surface area contributed by atoms with Gasteiger partial charge in [0.1, 0.15) is 6.61 Å². The SMILES string of the molecule is CN1CCN(C(=O)c2ccc(Nc3nc(NCc4ccc(Cl)cc4)nc(OCc4ccccc4)n3)cc2)CC1. The number of hydrogen-bond donors (Lipinski definition) is 2. The van der Waals surface area contributed by atoms with E-state index in [2.05, 4.69) is 37.5 Å². The number of carbonyl (C=O) groups excluding carboxylic acids is 1. The van der Waals surface area contributed by atoms with Crippen molar-refractivity contribution in [2.24, 2.45) is 0 Å². The van der Waals surface area contributed by atoms with Gasteiger partial charge >= 0.3 is 6.01 Å². The lowest BCUT2D eigenvalue weighted by Gasteiger charge is -2.32. The third-order valence-corrected chi connectivity index (χ3v) is 6.62. The van der Waals surface area contributed by atoms with Crippen molar-refractivity contribution in [3.63, 3.8) is 0 Å². The molecule has 0 atom stereocenters. The molecule has 0 radical (unpaired) electrons. The zero-order valence-electron chi connectivity index (χ0n) is 21.7. The minimum atomic E-state index is 0.0418. The van der Waals surface area contributed by atoms with E-state index in [1.807, 2.05) is 83.8 Å². The molecular weight excluding hydrogens is 514 g/mol. The smallest absolute Gasteiger partial charge is 0.323 e. The van der Waals surface area contributed by atoms with Crippen molar-refractivity contribution in [1.29, 1.82) is 0 Å². The number of carbonyl (C=O) groups is 1. The molecule has 5 rings (SSSR count). The molecule has 1 fully saturated rings. The van der Waals surface area contributed by atoms with Crippen LogP contribution in [-0.2, 0) is 13.2 Å². The van der Waals surface area contributed by atoms with Gasteiger partial charge in [-0.3, -0.25) is 4.79 Å². The first kappa shape index (κ1) is 26.4. The minimum Gasteiger partial charge on any atom is -0.458 e. The summed E-state index contributed by atoms with van der Waals surface area (Å²) in [6.45, 7) is 4.06. The van der Waals surface area contributed by atoms with Crippen molar-refractivity contribution in [1.82, 2.24) is 24.8 Å². The van der Waals surface area contributed by atoms with Crippen molar-refractivity contribution in [3.8, 4) is 6.01 Å². The van der Waals surface area contributed by atoms with E-state index >= 15 is 0 Å². The second-order valence-electron chi connectivity index (χ2n) is 9.32. The van der Waals surface area contributed by atoms with Crippen LogP contribution >= 0.6 is 11.6 Å². The van der Waals surface area contributed by atoms with Crippen LogP contribution in [0.15, 0.2) is 78.9 Å². The Bertz CT molecular complexity index is 1380. The van der Waals surface area contributed by atoms with Crippen LogP contribution in [0.4, 0.5) is 17.6 Å². The highest BCUT2D eigenvalue weighted by Crippen LogP contribution is 2.20. The first-order chi connectivity index (χ1) is 19.0. The van der Waals surface area contributed by atoms with Gasteiger partial charge in [0.15, 0.2) is 0 Å². The van der Waals surface area contributed by atoms with E-state index in [1.165, 1.54) is 0 Å². The summed E-state index contributed by atoms with van der Waals surface area (Å²) in [5.41, 5.74) is 3.43. The van der Waals surface area contributed by atoms with E-state index in [0.717, 1.165) is 43.0 Å². The Morgan fingerprint density at radius 3 is 2.26 bits per heavy atom. The molecule has 0 spiro atoms. The number of aromatic nitrogens is 3. The molecule has 200 valence electrons. The maximum Gasteiger partial charge on any atom is 0.323 e. The lowest BCUT2D eigenvalue weighted by Crippen LogP contribution is -2.47. The van der Waals surface area contributed by atoms with Gasteiger partial charge in [0.2, 0.25) is 11.9 Å². The van der Waals surface area contributed by atoms with Crippen molar-refractivity contribution in [3.05, 3.63) is 101 Å². The van der Waals surface area contributed by atoms with Gasteiger partial charge in [0.05, 0.1) is 0 Å². The lowest BCUT2D eigenvalue weighted by molar-refractivity contribution is 0.0664. The number of hydrogen-bond acceptors (Lipinski definition) is 8. The molecule has 1 saturated heterocycles. The van der Waals surface area contributed by atoms with Gasteiger partial charge in [-0.15, -0.1) is 0 Å². The Hall–Kier alpha value is -4.21. The van der Waals surface area contributed by atoms with Gasteiger partial charge in [-0.25, -0.2) is 0 Å². The van der Waals surface area contributed by atoms with E-state index in [-0.39, 0.29) is 11.9 Å². The molecule has 0 unspecified atom stereocenters. The van der Waals surface area contributed by atoms with Crippen LogP contribution in [0.3, 0.4) is 0 Å². The number of piperazine rings is 1. The van der Waals surface area contributed by atoms with Crippen molar-refractivity contribution in [2.75, 3.05) is 43.9 Å². The molecular formula is C29H30ClN7O2. The maximum atomic E-state index is 12.9. The fraction of sp³-hybridized carbons (Fsp3) is 0.241. The summed E-state index contributed by atoms with van der Waals surface area (Å²) >= 11 is 6.00. The quantitative estimate of drug-likeness (QED) is 0.309. The first-order valence-corrected chi connectivity index (χ1v) is 13.2. The molecule has 2 heterocycles. The summed E-state index contributed by atoms with van der Waals surface area (Å²) in [6.07, 6.45) is 0. The Morgan fingerprint density at radius 2 is 1.54 bits per heavy atom. The number of amides is 1. The van der Waals surface area contributed by atoms with E-state index in [1.54, 1.807) is 0 Å². The molecule has 1 aliphatic rings. The fourth-order valence-electron chi connectivity index (χ4n) is 4.08. The summed E-state index contributed by atoms with van der Waals surface area (Å²) in [7, 11) is 2.07. The molecule has 9 nitrogen and oxygen atoms in total. The Kier molecular flexibility index (Phi) is 8.50. The van der Waals surface area contributed by atoms with Gasteiger partial charge in [0, 0.05) is 49.0 Å². The molecule has 2 N–H and O–H groups in total. The number of anilines is 3. The van der Waals surface area contributed by atoms with E-state index in [4.69, 9.17) is 16.3 Å². The standard InChI is InChI=1S/C29H30ClN7O2/c1-36-15-17-37(18-16-36)26(38)23-9-13-25(14-10-23)32-28-33-27(31-19-21-7-11-24(30)12-8-21)34-29(35-28)39-20-22-5-3-2-4-6-22/h2-14H,15-20H2,1H3,(H2,31,32,33,34,35). The number of rotatable bonds is 9. The number of benzene rings is 3. The van der Waals surface area contributed by atoms with Crippen LogP contribution in [0, 0.1) is 0 Å². The van der Waals surface area contributed by atoms with Crippen molar-refractivity contribution < 1.29 is 9.53 Å². The Labute approximate surface area is 232 Å². The third-order valence-electron chi connectivity index (χ3n) is 6.37. The molecule has 0 saturated carbocycles. The summed E-state index contributed by atoms with van der Waals surface area (Å²) in [6, 6.07) is 24.9. The van der Waals surface area contributed by atoms with Crippen LogP contribution in [-0.4, -0.2) is 63.9 Å². The highest BCUT2D eigenvalue weighted by atomic mass is 35.5. The van der Waals surface area contributed by atoms with Crippen LogP contribution in [0.25, 0.3) is 0 Å². The monoisotopic (exact) mass is 543 g/mol. The van der Waals surface area contributed by atoms with E-state index in [9.17, 15) is 4.79 Å². The number of nitrogens with zero attached hydrogens (tertiary/aromatic N) is 5. The van der Waals surface area contributed by atoms with Crippen LogP contribution in [0.1, 0.15) is 21.5 Å². The predicted octanol–water partition coefficient (Wildman–Crippen LogP) is 4.85. The van der Waals surface area contributed by atoms with Gasteiger partial charge in [-0.1, -0.05) is 54.1 Å². The zero-order valence-corrected chi connectivity index (χ0v) is 22.4. The predicted molar refractivity (Wildman–Crippen MR) is 153 cm³/mol. The summed E-state index contributed by atoms with van der Waals surface area (Å²) in [5.74, 6) is 0.734. The molecule has 0 bridgehead atoms. The Balaban J connectivity index is 1.29. The van der Waals surface area contributed by atoms with Crippen LogP contribution in [0.2, 0.25) is 5.02 Å². The molecule has 1 aromatic heterocycles. The molecule has 3 aromatic carbocycles. The highest BCUT2D eigenvalue weighted by molar-refractivity contribution is 6.30. The van der Waals surface area contributed by atoms with E-state index in [0.29, 0.717) is 35.6 Å². The molecule has 0 aliphatic carbocycles.